The molecule has 0 saturated heterocycles. The maximum atomic E-state index is 6.41. The van der Waals surface area contributed by atoms with E-state index in [-0.39, 0.29) is 5.92 Å². The van der Waals surface area contributed by atoms with Gasteiger partial charge in [0.15, 0.2) is 5.15 Å². The topological polar surface area (TPSA) is 69.8 Å². The van der Waals surface area contributed by atoms with Gasteiger partial charge in [0.2, 0.25) is 0 Å². The lowest BCUT2D eigenvalue weighted by molar-refractivity contribution is 0.225. The van der Waals surface area contributed by atoms with Crippen molar-refractivity contribution in [3.05, 3.63) is 64.2 Å². The van der Waals surface area contributed by atoms with Crippen molar-refractivity contribution < 1.29 is 4.74 Å². The van der Waals surface area contributed by atoms with Crippen LogP contribution < -0.4 is 4.74 Å². The number of imidazole rings is 2. The Labute approximate surface area is 170 Å². The summed E-state index contributed by atoms with van der Waals surface area (Å²) >= 11 is 6.41. The van der Waals surface area contributed by atoms with Crippen LogP contribution in [0.1, 0.15) is 54.2 Å². The van der Waals surface area contributed by atoms with Crippen molar-refractivity contribution in [1.29, 1.82) is 0 Å². The third-order valence-corrected chi connectivity index (χ3v) is 5.66. The monoisotopic (exact) mass is 399 g/mol. The fraction of sp³-hybridized carbons (Fsp3) is 0.429. The van der Waals surface area contributed by atoms with E-state index >= 15 is 0 Å². The SMILES string of the molecule is CCCCc1nc(Cl)c(CN2Cc3[nH]cnc3C(c3ccc(OC)cc3)C2)[nH]1. The molecule has 7 heteroatoms. The molecule has 1 atom stereocenters. The Bertz CT molecular complexity index is 917. The molecule has 6 nitrogen and oxygen atoms in total. The van der Waals surface area contributed by atoms with Crippen molar-refractivity contribution in [3.8, 4) is 5.75 Å². The normalized spacial score (nSPS) is 16.9. The maximum Gasteiger partial charge on any atom is 0.151 e. The number of aryl methyl sites for hydroxylation is 1. The van der Waals surface area contributed by atoms with E-state index in [9.17, 15) is 0 Å². The van der Waals surface area contributed by atoms with Crippen LogP contribution in [-0.4, -0.2) is 38.5 Å². The van der Waals surface area contributed by atoms with Gasteiger partial charge in [-0.3, -0.25) is 4.90 Å². The van der Waals surface area contributed by atoms with Gasteiger partial charge >= 0.3 is 0 Å². The summed E-state index contributed by atoms with van der Waals surface area (Å²) in [6.45, 7) is 4.62. The van der Waals surface area contributed by atoms with Crippen LogP contribution in [0.25, 0.3) is 0 Å². The molecule has 0 saturated carbocycles. The largest absolute Gasteiger partial charge is 0.497 e. The Morgan fingerprint density at radius 2 is 2.11 bits per heavy atom. The van der Waals surface area contributed by atoms with Gasteiger partial charge in [-0.2, -0.15) is 0 Å². The van der Waals surface area contributed by atoms with Gasteiger partial charge in [-0.1, -0.05) is 37.1 Å². The Morgan fingerprint density at radius 3 is 2.86 bits per heavy atom. The quantitative estimate of drug-likeness (QED) is 0.622. The van der Waals surface area contributed by atoms with Crippen molar-refractivity contribution in [2.75, 3.05) is 13.7 Å². The minimum absolute atomic E-state index is 0.210. The molecule has 148 valence electrons. The highest BCUT2D eigenvalue weighted by Gasteiger charge is 2.29. The van der Waals surface area contributed by atoms with E-state index in [2.05, 4.69) is 43.9 Å². The summed E-state index contributed by atoms with van der Waals surface area (Å²) in [5, 5.41) is 0.586. The Morgan fingerprint density at radius 1 is 1.29 bits per heavy atom. The molecule has 2 aromatic heterocycles. The Kier molecular flexibility index (Phi) is 5.69. The molecule has 0 aliphatic carbocycles. The van der Waals surface area contributed by atoms with Crippen LogP contribution in [0.3, 0.4) is 0 Å². The van der Waals surface area contributed by atoms with Gasteiger partial charge in [0.25, 0.3) is 0 Å². The van der Waals surface area contributed by atoms with E-state index in [4.69, 9.17) is 16.3 Å². The van der Waals surface area contributed by atoms with E-state index in [1.54, 1.807) is 13.4 Å². The molecule has 0 radical (unpaired) electrons. The van der Waals surface area contributed by atoms with E-state index in [0.29, 0.717) is 5.15 Å². The molecule has 3 heterocycles. The highest BCUT2D eigenvalue weighted by atomic mass is 35.5. The number of aromatic amines is 2. The smallest absolute Gasteiger partial charge is 0.151 e. The van der Waals surface area contributed by atoms with Crippen LogP contribution in [0.5, 0.6) is 5.75 Å². The first-order valence-corrected chi connectivity index (χ1v) is 10.2. The zero-order chi connectivity index (χ0) is 19.5. The fourth-order valence-corrected chi connectivity index (χ4v) is 4.05. The fourth-order valence-electron chi connectivity index (χ4n) is 3.84. The maximum absolute atomic E-state index is 6.41. The van der Waals surface area contributed by atoms with Gasteiger partial charge < -0.3 is 14.7 Å². The predicted octanol–water partition coefficient (Wildman–Crippen LogP) is 4.29. The first kappa shape index (κ1) is 19.0. The van der Waals surface area contributed by atoms with Gasteiger partial charge in [-0.15, -0.1) is 0 Å². The van der Waals surface area contributed by atoms with Gasteiger partial charge in [0, 0.05) is 32.0 Å². The molecule has 0 bridgehead atoms. The number of benzene rings is 1. The summed E-state index contributed by atoms with van der Waals surface area (Å²) in [6.07, 6.45) is 4.99. The van der Waals surface area contributed by atoms with Crippen LogP contribution in [-0.2, 0) is 19.5 Å². The molecule has 1 unspecified atom stereocenters. The van der Waals surface area contributed by atoms with Gasteiger partial charge in [0.05, 0.1) is 30.5 Å². The average molecular weight is 400 g/mol. The number of nitrogens with one attached hydrogen (secondary N) is 2. The molecule has 1 aliphatic rings. The number of hydrogen-bond acceptors (Lipinski definition) is 4. The number of hydrogen-bond donors (Lipinski definition) is 2. The molecule has 0 fully saturated rings. The third-order valence-electron chi connectivity index (χ3n) is 5.35. The summed E-state index contributed by atoms with van der Waals surface area (Å²) in [7, 11) is 1.69. The predicted molar refractivity (Wildman–Crippen MR) is 110 cm³/mol. The molecule has 0 amide bonds. The first-order valence-electron chi connectivity index (χ1n) is 9.79. The molecule has 1 aliphatic heterocycles. The zero-order valence-corrected chi connectivity index (χ0v) is 17.1. The summed E-state index contributed by atoms with van der Waals surface area (Å²) in [5.74, 6) is 2.05. The van der Waals surface area contributed by atoms with Crippen LogP contribution >= 0.6 is 11.6 Å². The van der Waals surface area contributed by atoms with Gasteiger partial charge in [-0.05, 0) is 24.1 Å². The number of methoxy groups -OCH3 is 1. The lowest BCUT2D eigenvalue weighted by Gasteiger charge is -2.32. The third kappa shape index (κ3) is 3.93. The Balaban J connectivity index is 1.54. The molecular weight excluding hydrogens is 374 g/mol. The molecule has 3 aromatic rings. The van der Waals surface area contributed by atoms with E-state index in [0.717, 1.165) is 67.6 Å². The summed E-state index contributed by atoms with van der Waals surface area (Å²) in [4.78, 5) is 18.2. The van der Waals surface area contributed by atoms with Crippen molar-refractivity contribution >= 4 is 11.6 Å². The van der Waals surface area contributed by atoms with E-state index in [1.807, 2.05) is 12.1 Å². The number of nitrogens with zero attached hydrogens (tertiary/aromatic N) is 3. The molecule has 1 aromatic carbocycles. The standard InChI is InChI=1S/C21H26ClN5O/c1-3-4-5-19-25-18(21(22)26-19)12-27-10-16(20-17(11-27)23-13-24-20)14-6-8-15(28-2)9-7-14/h6-9,13,16H,3-5,10-12H2,1-2H3,(H,23,24)(H,25,26). The first-order chi connectivity index (χ1) is 13.7. The zero-order valence-electron chi connectivity index (χ0n) is 16.3. The number of fused-ring (bicyclic) bond motifs is 1. The highest BCUT2D eigenvalue weighted by molar-refractivity contribution is 6.30. The summed E-state index contributed by atoms with van der Waals surface area (Å²) in [5.41, 5.74) is 4.51. The second-order valence-electron chi connectivity index (χ2n) is 7.32. The summed E-state index contributed by atoms with van der Waals surface area (Å²) < 4.78 is 5.30. The molecule has 28 heavy (non-hydrogen) atoms. The van der Waals surface area contributed by atoms with Crippen LogP contribution in [0.15, 0.2) is 30.6 Å². The minimum Gasteiger partial charge on any atom is -0.497 e. The van der Waals surface area contributed by atoms with Gasteiger partial charge in [-0.25, -0.2) is 9.97 Å². The van der Waals surface area contributed by atoms with Crippen molar-refractivity contribution in [2.24, 2.45) is 0 Å². The minimum atomic E-state index is 0.210. The lowest BCUT2D eigenvalue weighted by Crippen LogP contribution is -2.34. The Hall–Kier alpha value is -2.31. The van der Waals surface area contributed by atoms with Crippen LogP contribution in [0.2, 0.25) is 5.15 Å². The highest BCUT2D eigenvalue weighted by Crippen LogP contribution is 2.33. The summed E-state index contributed by atoms with van der Waals surface area (Å²) in [6, 6.07) is 8.26. The number of aromatic nitrogens is 4. The second kappa shape index (κ2) is 8.37. The average Bonchev–Trinajstić information content (AvgIpc) is 3.32. The van der Waals surface area contributed by atoms with Crippen LogP contribution in [0, 0.1) is 0 Å². The van der Waals surface area contributed by atoms with Crippen molar-refractivity contribution in [2.45, 2.75) is 45.2 Å². The van der Waals surface area contributed by atoms with Crippen molar-refractivity contribution in [3.63, 3.8) is 0 Å². The molecular formula is C21H26ClN5O. The second-order valence-corrected chi connectivity index (χ2v) is 7.68. The lowest BCUT2D eigenvalue weighted by atomic mass is 9.91. The molecule has 0 spiro atoms. The van der Waals surface area contributed by atoms with Crippen molar-refractivity contribution in [1.82, 2.24) is 24.8 Å². The number of halogens is 1. The number of H-pyrrole nitrogens is 2. The molecule has 4 rings (SSSR count). The van der Waals surface area contributed by atoms with Crippen LogP contribution in [0.4, 0.5) is 0 Å². The van der Waals surface area contributed by atoms with Gasteiger partial charge in [0.1, 0.15) is 11.6 Å². The number of unbranched alkanes of at least 4 members (excludes halogenated alkanes) is 1. The number of rotatable bonds is 7. The number of ether oxygens (including phenoxy) is 1. The van der Waals surface area contributed by atoms with E-state index < -0.39 is 0 Å². The molecule has 2 N–H and O–H groups in total. The van der Waals surface area contributed by atoms with E-state index in [1.165, 1.54) is 5.56 Å².